The Morgan fingerprint density at radius 3 is 2.30 bits per heavy atom. The Kier molecular flexibility index (Phi) is 7.00. The summed E-state index contributed by atoms with van der Waals surface area (Å²) in [6, 6.07) is 15.9. The number of benzene rings is 2. The average Bonchev–Trinajstić information content (AvgIpc) is 2.77. The lowest BCUT2D eigenvalue weighted by atomic mass is 9.90. The lowest BCUT2D eigenvalue weighted by Gasteiger charge is -2.41. The summed E-state index contributed by atoms with van der Waals surface area (Å²) in [6.45, 7) is 4.02. The zero-order chi connectivity index (χ0) is 21.7. The van der Waals surface area contributed by atoms with Gasteiger partial charge in [0.05, 0.1) is 20.3 Å². The lowest BCUT2D eigenvalue weighted by Crippen LogP contribution is -2.48. The number of methoxy groups -OCH3 is 2. The van der Waals surface area contributed by atoms with Crippen molar-refractivity contribution < 1.29 is 14.3 Å². The smallest absolute Gasteiger partial charge is 0.324 e. The van der Waals surface area contributed by atoms with E-state index < -0.39 is 0 Å². The number of carbonyl (C=O) groups excluding carboxylic acids is 1. The fourth-order valence-electron chi connectivity index (χ4n) is 3.74. The van der Waals surface area contributed by atoms with Crippen LogP contribution in [-0.2, 0) is 0 Å². The Morgan fingerprint density at radius 1 is 1.00 bits per heavy atom. The summed E-state index contributed by atoms with van der Waals surface area (Å²) in [7, 11) is 7.31. The van der Waals surface area contributed by atoms with Crippen LogP contribution in [0.15, 0.2) is 54.7 Å². The molecule has 160 valence electrons. The van der Waals surface area contributed by atoms with Gasteiger partial charge in [-0.25, -0.2) is 4.79 Å². The lowest BCUT2D eigenvalue weighted by molar-refractivity contribution is 0.148. The predicted octanol–water partition coefficient (Wildman–Crippen LogP) is 4.11. The standard InChI is InChI=1S/C24H31N3O3/c1-6-26-17-20(19-12-13-21(29-4)22(16-19)30-5)23(18-10-8-7-9-11-18)27(24(26)28)15-14-25(2)3/h7-13,16-17,23H,6,14-15H2,1-5H3. The molecule has 1 atom stereocenters. The molecule has 3 rings (SSSR count). The van der Waals surface area contributed by atoms with E-state index in [9.17, 15) is 4.79 Å². The Morgan fingerprint density at radius 2 is 1.70 bits per heavy atom. The minimum absolute atomic E-state index is 0.0254. The van der Waals surface area contributed by atoms with Crippen molar-refractivity contribution in [3.63, 3.8) is 0 Å². The summed E-state index contributed by atoms with van der Waals surface area (Å²) in [5.41, 5.74) is 3.14. The second kappa shape index (κ2) is 9.67. The Bertz CT molecular complexity index is 896. The fraction of sp³-hybridized carbons (Fsp3) is 0.375. The first kappa shape index (κ1) is 21.7. The van der Waals surface area contributed by atoms with Crippen LogP contribution in [0.1, 0.15) is 24.1 Å². The van der Waals surface area contributed by atoms with Gasteiger partial charge in [0.15, 0.2) is 11.5 Å². The van der Waals surface area contributed by atoms with Crippen LogP contribution < -0.4 is 9.47 Å². The number of carbonyl (C=O) groups is 1. The number of rotatable bonds is 8. The molecule has 2 aromatic carbocycles. The maximum Gasteiger partial charge on any atom is 0.324 e. The normalized spacial score (nSPS) is 16.7. The molecule has 1 unspecified atom stereocenters. The number of likely N-dealkylation sites (N-methyl/N-ethyl adjacent to an activating group) is 1. The van der Waals surface area contributed by atoms with E-state index in [0.29, 0.717) is 24.6 Å². The maximum atomic E-state index is 13.3. The van der Waals surface area contributed by atoms with Crippen LogP contribution in [0.4, 0.5) is 4.79 Å². The molecule has 0 spiro atoms. The highest BCUT2D eigenvalue weighted by Gasteiger charge is 2.36. The van der Waals surface area contributed by atoms with Gasteiger partial charge in [-0.3, -0.25) is 0 Å². The third-order valence-corrected chi connectivity index (χ3v) is 5.35. The molecule has 0 bridgehead atoms. The number of amides is 2. The molecule has 2 amide bonds. The number of hydrogen-bond donors (Lipinski definition) is 0. The summed E-state index contributed by atoms with van der Waals surface area (Å²) in [5.74, 6) is 1.35. The van der Waals surface area contributed by atoms with Gasteiger partial charge in [-0.15, -0.1) is 0 Å². The Labute approximate surface area is 179 Å². The minimum atomic E-state index is -0.181. The molecule has 0 saturated heterocycles. The van der Waals surface area contributed by atoms with Gasteiger partial charge in [-0.2, -0.15) is 0 Å². The monoisotopic (exact) mass is 409 g/mol. The SMILES string of the molecule is CCN1C=C(c2ccc(OC)c(OC)c2)C(c2ccccc2)N(CCN(C)C)C1=O. The highest BCUT2D eigenvalue weighted by Crippen LogP contribution is 2.41. The van der Waals surface area contributed by atoms with E-state index in [4.69, 9.17) is 9.47 Å². The van der Waals surface area contributed by atoms with E-state index in [-0.39, 0.29) is 12.1 Å². The maximum absolute atomic E-state index is 13.3. The van der Waals surface area contributed by atoms with Crippen molar-refractivity contribution in [1.29, 1.82) is 0 Å². The van der Waals surface area contributed by atoms with Crippen LogP contribution in [0.3, 0.4) is 0 Å². The van der Waals surface area contributed by atoms with Crippen LogP contribution >= 0.6 is 0 Å². The van der Waals surface area contributed by atoms with Crippen LogP contribution in [0.25, 0.3) is 5.57 Å². The molecule has 0 fully saturated rings. The highest BCUT2D eigenvalue weighted by molar-refractivity contribution is 5.86. The molecular formula is C24H31N3O3. The van der Waals surface area contributed by atoms with Gasteiger partial charge in [0.1, 0.15) is 0 Å². The quantitative estimate of drug-likeness (QED) is 0.658. The van der Waals surface area contributed by atoms with Crippen molar-refractivity contribution in [2.45, 2.75) is 13.0 Å². The van der Waals surface area contributed by atoms with E-state index in [1.165, 1.54) is 0 Å². The summed E-state index contributed by atoms with van der Waals surface area (Å²) >= 11 is 0. The topological polar surface area (TPSA) is 45.3 Å². The van der Waals surface area contributed by atoms with Crippen LogP contribution in [0.5, 0.6) is 11.5 Å². The number of hydrogen-bond acceptors (Lipinski definition) is 4. The first-order valence-corrected chi connectivity index (χ1v) is 10.2. The molecule has 30 heavy (non-hydrogen) atoms. The molecule has 0 N–H and O–H groups in total. The van der Waals surface area contributed by atoms with Crippen LogP contribution in [-0.4, -0.2) is 68.7 Å². The van der Waals surface area contributed by atoms with Gasteiger partial charge >= 0.3 is 6.03 Å². The van der Waals surface area contributed by atoms with Gasteiger partial charge in [0.2, 0.25) is 0 Å². The molecule has 6 heteroatoms. The van der Waals surface area contributed by atoms with Crippen LogP contribution in [0, 0.1) is 0 Å². The van der Waals surface area contributed by atoms with E-state index >= 15 is 0 Å². The second-order valence-electron chi connectivity index (χ2n) is 7.53. The fourth-order valence-corrected chi connectivity index (χ4v) is 3.74. The van der Waals surface area contributed by atoms with E-state index in [2.05, 4.69) is 17.0 Å². The number of nitrogens with zero attached hydrogens (tertiary/aromatic N) is 3. The van der Waals surface area contributed by atoms with Gasteiger partial charge in [0.25, 0.3) is 0 Å². The predicted molar refractivity (Wildman–Crippen MR) is 120 cm³/mol. The molecule has 1 heterocycles. The second-order valence-corrected chi connectivity index (χ2v) is 7.53. The van der Waals surface area contributed by atoms with Crippen molar-refractivity contribution in [3.8, 4) is 11.5 Å². The molecule has 0 saturated carbocycles. The average molecular weight is 410 g/mol. The summed E-state index contributed by atoms with van der Waals surface area (Å²) in [6.07, 6.45) is 1.98. The van der Waals surface area contributed by atoms with E-state index in [0.717, 1.165) is 23.2 Å². The zero-order valence-corrected chi connectivity index (χ0v) is 18.5. The van der Waals surface area contributed by atoms with Crippen LogP contribution in [0.2, 0.25) is 0 Å². The first-order chi connectivity index (χ1) is 14.5. The Balaban J connectivity index is 2.14. The molecule has 0 aliphatic carbocycles. The van der Waals surface area contributed by atoms with Gasteiger partial charge in [-0.1, -0.05) is 36.4 Å². The van der Waals surface area contributed by atoms with Crippen molar-refractivity contribution in [2.24, 2.45) is 0 Å². The highest BCUT2D eigenvalue weighted by atomic mass is 16.5. The number of ether oxygens (including phenoxy) is 2. The third kappa shape index (κ3) is 4.44. The third-order valence-electron chi connectivity index (χ3n) is 5.35. The van der Waals surface area contributed by atoms with Crippen molar-refractivity contribution in [3.05, 3.63) is 65.9 Å². The Hall–Kier alpha value is -2.99. The molecule has 6 nitrogen and oxygen atoms in total. The minimum Gasteiger partial charge on any atom is -0.493 e. The molecule has 0 aromatic heterocycles. The zero-order valence-electron chi connectivity index (χ0n) is 18.5. The van der Waals surface area contributed by atoms with E-state index in [1.807, 2.05) is 68.5 Å². The largest absolute Gasteiger partial charge is 0.493 e. The van der Waals surface area contributed by atoms with Gasteiger partial charge in [-0.05, 0) is 44.3 Å². The van der Waals surface area contributed by atoms with Gasteiger partial charge in [0, 0.05) is 31.4 Å². The van der Waals surface area contributed by atoms with Crippen molar-refractivity contribution in [1.82, 2.24) is 14.7 Å². The summed E-state index contributed by atoms with van der Waals surface area (Å²) in [5, 5.41) is 0. The number of urea groups is 1. The molecule has 2 aromatic rings. The molecular weight excluding hydrogens is 378 g/mol. The van der Waals surface area contributed by atoms with E-state index in [1.54, 1.807) is 19.1 Å². The molecule has 1 aliphatic heterocycles. The summed E-state index contributed by atoms with van der Waals surface area (Å²) < 4.78 is 10.9. The molecule has 0 radical (unpaired) electrons. The van der Waals surface area contributed by atoms with Crippen molar-refractivity contribution >= 4 is 11.6 Å². The van der Waals surface area contributed by atoms with Crippen molar-refractivity contribution in [2.75, 3.05) is 47.9 Å². The summed E-state index contributed by atoms with van der Waals surface area (Å²) in [4.78, 5) is 19.1. The van der Waals surface area contributed by atoms with Gasteiger partial charge < -0.3 is 24.2 Å². The first-order valence-electron chi connectivity index (χ1n) is 10.2. The molecule has 1 aliphatic rings.